The van der Waals surface area contributed by atoms with Crippen LogP contribution in [0, 0.1) is 11.6 Å². The van der Waals surface area contributed by atoms with Gasteiger partial charge in [0.15, 0.2) is 0 Å². The maximum atomic E-state index is 13.8. The number of aromatic carboxylic acids is 1. The fourth-order valence-electron chi connectivity index (χ4n) is 1.72. The lowest BCUT2D eigenvalue weighted by molar-refractivity contribution is 0.0697. The molecule has 0 radical (unpaired) electrons. The molecule has 1 aromatic heterocycles. The summed E-state index contributed by atoms with van der Waals surface area (Å²) in [6.45, 7) is -0.0598. The van der Waals surface area contributed by atoms with Gasteiger partial charge < -0.3 is 5.11 Å². The molecule has 0 amide bonds. The number of carboxylic acid groups (broad SMARTS) is 1. The van der Waals surface area contributed by atoms with Crippen LogP contribution < -0.4 is 5.90 Å². The van der Waals surface area contributed by atoms with Crippen molar-refractivity contribution in [2.75, 3.05) is 0 Å². The normalized spacial score (nSPS) is 10.6. The van der Waals surface area contributed by atoms with Crippen LogP contribution in [0.3, 0.4) is 0 Å². The largest absolute Gasteiger partial charge is 0.478 e. The molecule has 0 fully saturated rings. The number of hydrogen-bond donors (Lipinski definition) is 2. The van der Waals surface area contributed by atoms with E-state index in [1.54, 1.807) is 0 Å². The van der Waals surface area contributed by atoms with Crippen molar-refractivity contribution in [1.29, 1.82) is 0 Å². The van der Waals surface area contributed by atoms with Crippen LogP contribution in [0.5, 0.6) is 0 Å². The lowest BCUT2D eigenvalue weighted by Crippen LogP contribution is -2.07. The van der Waals surface area contributed by atoms with Gasteiger partial charge in [0.2, 0.25) is 0 Å². The van der Waals surface area contributed by atoms with Gasteiger partial charge in [-0.1, -0.05) is 0 Å². The van der Waals surface area contributed by atoms with E-state index in [1.165, 1.54) is 12.1 Å². The third-order valence-corrected chi connectivity index (χ3v) is 2.60. The summed E-state index contributed by atoms with van der Waals surface area (Å²) in [6.07, 6.45) is 0. The second kappa shape index (κ2) is 5.72. The number of benzene rings is 1. The number of halogens is 2. The van der Waals surface area contributed by atoms with Gasteiger partial charge in [-0.3, -0.25) is 4.84 Å². The first-order chi connectivity index (χ1) is 9.52. The molecule has 0 bridgehead atoms. The van der Waals surface area contributed by atoms with Crippen molar-refractivity contribution in [3.05, 3.63) is 53.2 Å². The average Bonchev–Trinajstić information content (AvgIpc) is 2.38. The van der Waals surface area contributed by atoms with Gasteiger partial charge in [-0.15, -0.1) is 0 Å². The monoisotopic (exact) mass is 280 g/mol. The Morgan fingerprint density at radius 3 is 2.65 bits per heavy atom. The van der Waals surface area contributed by atoms with Crippen LogP contribution in [0.15, 0.2) is 30.3 Å². The molecule has 0 aliphatic carbocycles. The van der Waals surface area contributed by atoms with Crippen molar-refractivity contribution in [3.8, 4) is 11.3 Å². The van der Waals surface area contributed by atoms with Gasteiger partial charge in [-0.05, 0) is 24.3 Å². The van der Waals surface area contributed by atoms with Crippen LogP contribution in [0.1, 0.15) is 16.1 Å². The van der Waals surface area contributed by atoms with Crippen molar-refractivity contribution < 1.29 is 23.5 Å². The molecule has 0 saturated heterocycles. The Labute approximate surface area is 112 Å². The number of rotatable bonds is 4. The summed E-state index contributed by atoms with van der Waals surface area (Å²) in [7, 11) is 0. The highest BCUT2D eigenvalue weighted by molar-refractivity contribution is 5.94. The molecular formula is C13H10F2N2O3. The maximum absolute atomic E-state index is 13.8. The first kappa shape index (κ1) is 14.0. The first-order valence-electron chi connectivity index (χ1n) is 5.53. The van der Waals surface area contributed by atoms with E-state index < -0.39 is 17.6 Å². The average molecular weight is 280 g/mol. The molecule has 0 saturated carbocycles. The summed E-state index contributed by atoms with van der Waals surface area (Å²) in [4.78, 5) is 19.6. The van der Waals surface area contributed by atoms with Gasteiger partial charge in [-0.2, -0.15) is 0 Å². The summed E-state index contributed by atoms with van der Waals surface area (Å²) < 4.78 is 26.7. The smallest absolute Gasteiger partial charge is 0.337 e. The zero-order chi connectivity index (χ0) is 14.7. The fourth-order valence-corrected chi connectivity index (χ4v) is 1.72. The van der Waals surface area contributed by atoms with Crippen LogP contribution in [-0.4, -0.2) is 16.1 Å². The Morgan fingerprint density at radius 2 is 2.05 bits per heavy atom. The molecular weight excluding hydrogens is 270 g/mol. The number of hydrogen-bond acceptors (Lipinski definition) is 4. The number of nitrogens with zero attached hydrogens (tertiary/aromatic N) is 1. The second-order valence-corrected chi connectivity index (χ2v) is 3.94. The Morgan fingerprint density at radius 1 is 1.30 bits per heavy atom. The molecule has 5 nitrogen and oxygen atoms in total. The molecule has 3 N–H and O–H groups in total. The fraction of sp³-hybridized carbons (Fsp3) is 0.0769. The van der Waals surface area contributed by atoms with Gasteiger partial charge in [0.25, 0.3) is 0 Å². The predicted octanol–water partition coefficient (Wildman–Crippen LogP) is 2.12. The molecule has 1 aromatic carbocycles. The van der Waals surface area contributed by atoms with Crippen LogP contribution in [0.25, 0.3) is 11.3 Å². The molecule has 2 rings (SSSR count). The molecule has 104 valence electrons. The molecule has 1 heterocycles. The third-order valence-electron chi connectivity index (χ3n) is 2.60. The van der Waals surface area contributed by atoms with Crippen molar-refractivity contribution in [2.24, 2.45) is 5.90 Å². The number of aromatic nitrogens is 1. The second-order valence-electron chi connectivity index (χ2n) is 3.94. The van der Waals surface area contributed by atoms with E-state index in [-0.39, 0.29) is 23.4 Å². The van der Waals surface area contributed by atoms with E-state index >= 15 is 0 Å². The van der Waals surface area contributed by atoms with Gasteiger partial charge in [0.05, 0.1) is 17.0 Å². The van der Waals surface area contributed by atoms with E-state index in [0.29, 0.717) is 11.8 Å². The van der Waals surface area contributed by atoms with E-state index in [0.717, 1.165) is 12.1 Å². The summed E-state index contributed by atoms with van der Waals surface area (Å²) in [6, 6.07) is 5.49. The first-order valence-corrected chi connectivity index (χ1v) is 5.53. The van der Waals surface area contributed by atoms with Crippen LogP contribution in [0.4, 0.5) is 8.78 Å². The van der Waals surface area contributed by atoms with E-state index in [4.69, 9.17) is 11.0 Å². The van der Waals surface area contributed by atoms with Crippen LogP contribution in [-0.2, 0) is 11.4 Å². The van der Waals surface area contributed by atoms with E-state index in [1.807, 2.05) is 0 Å². The summed E-state index contributed by atoms with van der Waals surface area (Å²) in [5, 5.41) is 9.10. The highest BCUT2D eigenvalue weighted by Crippen LogP contribution is 2.25. The highest BCUT2D eigenvalue weighted by Gasteiger charge is 2.17. The maximum Gasteiger partial charge on any atom is 0.337 e. The summed E-state index contributed by atoms with van der Waals surface area (Å²) in [5.41, 5.74) is -0.0836. The highest BCUT2D eigenvalue weighted by atomic mass is 19.1. The molecule has 20 heavy (non-hydrogen) atoms. The van der Waals surface area contributed by atoms with Crippen molar-refractivity contribution in [2.45, 2.75) is 6.61 Å². The number of carbonyl (C=O) groups is 1. The Balaban J connectivity index is 2.62. The lowest BCUT2D eigenvalue weighted by atomic mass is 10.0. The van der Waals surface area contributed by atoms with Gasteiger partial charge in [0.1, 0.15) is 18.2 Å². The molecule has 7 heteroatoms. The number of nitrogens with two attached hydrogens (primary N) is 1. The van der Waals surface area contributed by atoms with Crippen molar-refractivity contribution in [1.82, 2.24) is 4.98 Å². The molecule has 2 aromatic rings. The van der Waals surface area contributed by atoms with E-state index in [9.17, 15) is 13.6 Å². The van der Waals surface area contributed by atoms with Gasteiger partial charge in [0, 0.05) is 11.6 Å². The minimum atomic E-state index is -1.27. The van der Waals surface area contributed by atoms with Crippen LogP contribution >= 0.6 is 0 Å². The SMILES string of the molecule is NOCc1ccc(C(=O)O)c(-c2ccc(F)cc2F)n1. The van der Waals surface area contributed by atoms with Crippen LogP contribution in [0.2, 0.25) is 0 Å². The van der Waals surface area contributed by atoms with Gasteiger partial charge in [-0.25, -0.2) is 24.5 Å². The molecule has 0 unspecified atom stereocenters. The number of pyridine rings is 1. The topological polar surface area (TPSA) is 85.4 Å². The summed E-state index contributed by atoms with van der Waals surface area (Å²) in [5.74, 6) is 1.99. The van der Waals surface area contributed by atoms with E-state index in [2.05, 4.69) is 9.82 Å². The van der Waals surface area contributed by atoms with Gasteiger partial charge >= 0.3 is 5.97 Å². The quantitative estimate of drug-likeness (QED) is 0.838. The molecule has 0 atom stereocenters. The molecule has 0 aliphatic rings. The Bertz CT molecular complexity index is 662. The Hall–Kier alpha value is -2.38. The molecule has 0 spiro atoms. The zero-order valence-electron chi connectivity index (χ0n) is 10.1. The Kier molecular flexibility index (Phi) is 4.02. The minimum Gasteiger partial charge on any atom is -0.478 e. The standard InChI is InChI=1S/C13H10F2N2O3/c14-7-1-3-9(11(15)5-7)12-10(13(18)19)4-2-8(17-12)6-20-16/h1-5H,6,16H2,(H,18,19). The third kappa shape index (κ3) is 2.79. The minimum absolute atomic E-state index is 0.0598. The zero-order valence-corrected chi connectivity index (χ0v) is 10.1. The van der Waals surface area contributed by atoms with Crippen molar-refractivity contribution >= 4 is 5.97 Å². The lowest BCUT2D eigenvalue weighted by Gasteiger charge is -2.09. The summed E-state index contributed by atoms with van der Waals surface area (Å²) >= 11 is 0. The van der Waals surface area contributed by atoms with Crippen molar-refractivity contribution in [3.63, 3.8) is 0 Å². The molecule has 0 aliphatic heterocycles. The number of carboxylic acids is 1. The predicted molar refractivity (Wildman–Crippen MR) is 65.5 cm³/mol.